The summed E-state index contributed by atoms with van der Waals surface area (Å²) in [5, 5.41) is 4.38. The van der Waals surface area contributed by atoms with Gasteiger partial charge in [0.2, 0.25) is 10.7 Å². The second-order valence-corrected chi connectivity index (χ2v) is 4.32. The zero-order chi connectivity index (χ0) is 12.6. The molecule has 2 rings (SSSR count). The van der Waals surface area contributed by atoms with E-state index in [1.165, 1.54) is 10.7 Å². The van der Waals surface area contributed by atoms with Crippen LogP contribution in [0.1, 0.15) is 10.4 Å². The average molecular weight is 317 g/mol. The molecule has 0 unspecified atom stereocenters. The van der Waals surface area contributed by atoms with Gasteiger partial charge in [0.05, 0.1) is 11.3 Å². The van der Waals surface area contributed by atoms with Crippen LogP contribution in [0.25, 0.3) is 5.69 Å². The van der Waals surface area contributed by atoms with Gasteiger partial charge in [0, 0.05) is 5.02 Å². The topological polar surface area (TPSA) is 99.8 Å². The number of carbonyl (C=O) groups excluding carboxylic acids is 1. The summed E-state index contributed by atoms with van der Waals surface area (Å²) in [5.74, 6) is -0.509. The molecule has 6 nitrogen and oxygen atoms in total. The zero-order valence-electron chi connectivity index (χ0n) is 8.39. The van der Waals surface area contributed by atoms with Crippen molar-refractivity contribution < 1.29 is 4.79 Å². The van der Waals surface area contributed by atoms with Gasteiger partial charge in [0.25, 0.3) is 5.91 Å². The summed E-state index contributed by atoms with van der Waals surface area (Å²) >= 11 is 9.05. The zero-order valence-corrected chi connectivity index (χ0v) is 10.7. The molecule has 0 bridgehead atoms. The second-order valence-electron chi connectivity index (χ2n) is 3.18. The molecule has 0 aliphatic carbocycles. The number of halogens is 2. The minimum absolute atomic E-state index is 0.0762. The summed E-state index contributed by atoms with van der Waals surface area (Å²) in [6.07, 6.45) is 0. The average Bonchev–Trinajstić information content (AvgIpc) is 2.57. The van der Waals surface area contributed by atoms with E-state index in [1.54, 1.807) is 12.1 Å². The van der Waals surface area contributed by atoms with Crippen LogP contribution in [-0.4, -0.2) is 20.7 Å². The summed E-state index contributed by atoms with van der Waals surface area (Å²) < 4.78 is 1.71. The molecule has 0 saturated heterocycles. The minimum atomic E-state index is -0.586. The Morgan fingerprint density at radius 3 is 2.71 bits per heavy atom. The number of rotatable bonds is 2. The fourth-order valence-corrected chi connectivity index (χ4v) is 1.97. The van der Waals surface area contributed by atoms with Crippen LogP contribution in [0.4, 0.5) is 5.95 Å². The summed E-state index contributed by atoms with van der Waals surface area (Å²) in [7, 11) is 0. The maximum Gasteiger partial charge on any atom is 0.250 e. The lowest BCUT2D eigenvalue weighted by Gasteiger charge is -2.07. The third kappa shape index (κ3) is 2.25. The van der Waals surface area contributed by atoms with E-state index >= 15 is 0 Å². The SMILES string of the molecule is NC(=O)c1ccc(Cl)cc1-n1nc(N)nc1Br. The molecule has 0 saturated carbocycles. The quantitative estimate of drug-likeness (QED) is 0.873. The van der Waals surface area contributed by atoms with Gasteiger partial charge in [-0.3, -0.25) is 4.79 Å². The molecule has 4 N–H and O–H groups in total. The number of nitrogen functional groups attached to an aromatic ring is 1. The number of aromatic nitrogens is 3. The van der Waals surface area contributed by atoms with Gasteiger partial charge in [-0.2, -0.15) is 4.98 Å². The molecule has 0 fully saturated rings. The third-order valence-electron chi connectivity index (χ3n) is 2.04. The number of nitrogens with zero attached hydrogens (tertiary/aromatic N) is 3. The maximum atomic E-state index is 11.3. The summed E-state index contributed by atoms with van der Waals surface area (Å²) in [6, 6.07) is 4.64. The molecule has 0 spiro atoms. The Morgan fingerprint density at radius 2 is 2.18 bits per heavy atom. The van der Waals surface area contributed by atoms with Crippen molar-refractivity contribution in [1.29, 1.82) is 0 Å². The Kier molecular flexibility index (Phi) is 3.03. The van der Waals surface area contributed by atoms with Crippen molar-refractivity contribution in [2.24, 2.45) is 5.73 Å². The van der Waals surface area contributed by atoms with Crippen molar-refractivity contribution >= 4 is 39.4 Å². The smallest absolute Gasteiger partial charge is 0.250 e. The van der Waals surface area contributed by atoms with Crippen molar-refractivity contribution in [3.63, 3.8) is 0 Å². The molecule has 1 aromatic heterocycles. The van der Waals surface area contributed by atoms with E-state index in [9.17, 15) is 4.79 Å². The van der Waals surface area contributed by atoms with Gasteiger partial charge < -0.3 is 11.5 Å². The van der Waals surface area contributed by atoms with E-state index in [4.69, 9.17) is 23.1 Å². The lowest BCUT2D eigenvalue weighted by molar-refractivity contribution is 0.1000. The minimum Gasteiger partial charge on any atom is -0.366 e. The number of carbonyl (C=O) groups is 1. The Morgan fingerprint density at radius 1 is 1.47 bits per heavy atom. The largest absolute Gasteiger partial charge is 0.366 e. The van der Waals surface area contributed by atoms with Crippen molar-refractivity contribution in [2.45, 2.75) is 0 Å². The number of primary amides is 1. The Balaban J connectivity index is 2.69. The van der Waals surface area contributed by atoms with Gasteiger partial charge in [0.15, 0.2) is 0 Å². The predicted octanol–water partition coefficient (Wildman–Crippen LogP) is 1.36. The number of nitrogens with two attached hydrogens (primary N) is 2. The van der Waals surface area contributed by atoms with Crippen LogP contribution < -0.4 is 11.5 Å². The van der Waals surface area contributed by atoms with Crippen LogP contribution in [0, 0.1) is 0 Å². The Labute approximate surface area is 110 Å². The Bertz CT molecular complexity index is 597. The van der Waals surface area contributed by atoms with E-state index in [-0.39, 0.29) is 11.5 Å². The highest BCUT2D eigenvalue weighted by molar-refractivity contribution is 9.10. The van der Waals surface area contributed by atoms with Crippen LogP contribution in [0.2, 0.25) is 5.02 Å². The van der Waals surface area contributed by atoms with Gasteiger partial charge in [-0.1, -0.05) is 11.6 Å². The highest BCUT2D eigenvalue weighted by atomic mass is 79.9. The molecule has 1 heterocycles. The lowest BCUT2D eigenvalue weighted by atomic mass is 10.1. The van der Waals surface area contributed by atoms with Gasteiger partial charge >= 0.3 is 0 Å². The molecule has 17 heavy (non-hydrogen) atoms. The normalized spacial score (nSPS) is 10.5. The van der Waals surface area contributed by atoms with Crippen molar-refractivity contribution in [3.8, 4) is 5.69 Å². The molecule has 0 aliphatic rings. The summed E-state index contributed by atoms with van der Waals surface area (Å²) in [5.41, 5.74) is 11.4. The number of benzene rings is 1. The number of hydrogen-bond acceptors (Lipinski definition) is 4. The predicted molar refractivity (Wildman–Crippen MR) is 67.0 cm³/mol. The monoisotopic (exact) mass is 315 g/mol. The van der Waals surface area contributed by atoms with Crippen molar-refractivity contribution in [2.75, 3.05) is 5.73 Å². The van der Waals surface area contributed by atoms with Crippen molar-refractivity contribution in [1.82, 2.24) is 14.8 Å². The van der Waals surface area contributed by atoms with Gasteiger partial charge in [-0.15, -0.1) is 5.10 Å². The van der Waals surface area contributed by atoms with E-state index in [0.717, 1.165) is 0 Å². The number of amides is 1. The van der Waals surface area contributed by atoms with Crippen LogP contribution >= 0.6 is 27.5 Å². The molecule has 0 atom stereocenters. The molecular formula is C9H7BrClN5O. The van der Waals surface area contributed by atoms with E-state index in [1.807, 2.05) is 0 Å². The Hall–Kier alpha value is -1.60. The third-order valence-corrected chi connectivity index (χ3v) is 2.79. The van der Waals surface area contributed by atoms with Gasteiger partial charge in [-0.25, -0.2) is 4.68 Å². The first-order valence-electron chi connectivity index (χ1n) is 4.47. The molecule has 2 aromatic rings. The molecule has 1 amide bonds. The first kappa shape index (κ1) is 11.9. The lowest BCUT2D eigenvalue weighted by Crippen LogP contribution is -2.15. The first-order valence-corrected chi connectivity index (χ1v) is 5.64. The van der Waals surface area contributed by atoms with Crippen LogP contribution in [0.5, 0.6) is 0 Å². The fourth-order valence-electron chi connectivity index (χ4n) is 1.35. The van der Waals surface area contributed by atoms with E-state index in [2.05, 4.69) is 26.0 Å². The summed E-state index contributed by atoms with van der Waals surface area (Å²) in [6.45, 7) is 0. The molecule has 88 valence electrons. The maximum absolute atomic E-state index is 11.3. The molecular weight excluding hydrogens is 309 g/mol. The van der Waals surface area contributed by atoms with Crippen LogP contribution in [0.15, 0.2) is 22.9 Å². The van der Waals surface area contributed by atoms with Crippen molar-refractivity contribution in [3.05, 3.63) is 33.5 Å². The van der Waals surface area contributed by atoms with Crippen LogP contribution in [-0.2, 0) is 0 Å². The standard InChI is InChI=1S/C9H7BrClN5O/c10-8-14-9(13)15-16(8)6-3-4(11)1-2-5(6)7(12)17/h1-3H,(H2,12,17)(H2,13,15). The molecule has 0 radical (unpaired) electrons. The highest BCUT2D eigenvalue weighted by Crippen LogP contribution is 2.22. The molecule has 1 aromatic carbocycles. The number of anilines is 1. The summed E-state index contributed by atoms with van der Waals surface area (Å²) in [4.78, 5) is 15.2. The van der Waals surface area contributed by atoms with Crippen LogP contribution in [0.3, 0.4) is 0 Å². The number of hydrogen-bond donors (Lipinski definition) is 2. The van der Waals surface area contributed by atoms with Gasteiger partial charge in [-0.05, 0) is 34.1 Å². The highest BCUT2D eigenvalue weighted by Gasteiger charge is 2.15. The molecule has 0 aliphatic heterocycles. The first-order chi connectivity index (χ1) is 7.99. The second kappa shape index (κ2) is 4.34. The van der Waals surface area contributed by atoms with E-state index in [0.29, 0.717) is 15.4 Å². The van der Waals surface area contributed by atoms with Gasteiger partial charge in [0.1, 0.15) is 0 Å². The van der Waals surface area contributed by atoms with E-state index < -0.39 is 5.91 Å². The molecule has 8 heteroatoms. The fraction of sp³-hybridized carbons (Fsp3) is 0.